The molecule has 20 heavy (non-hydrogen) atoms. The fraction of sp³-hybridized carbons (Fsp3) is 0.250. The molecular weight excluding hydrogens is 285 g/mol. The molecule has 1 heterocycles. The third-order valence-corrected chi connectivity index (χ3v) is 4.13. The van der Waals surface area contributed by atoms with Gasteiger partial charge in [-0.15, -0.1) is 0 Å². The summed E-state index contributed by atoms with van der Waals surface area (Å²) in [7, 11) is -3.92. The van der Waals surface area contributed by atoms with Gasteiger partial charge in [-0.25, -0.2) is 22.5 Å². The van der Waals surface area contributed by atoms with Crippen LogP contribution < -0.4 is 10.5 Å². The molecule has 0 atom stereocenters. The average molecular weight is 299 g/mol. The maximum absolute atomic E-state index is 13.3. The molecule has 0 fully saturated rings. The number of anilines is 1. The summed E-state index contributed by atoms with van der Waals surface area (Å²) in [6.45, 7) is 1.76. The lowest BCUT2D eigenvalue weighted by Gasteiger charge is -2.08. The topological polar surface area (TPSA) is 98.2 Å². The molecule has 0 amide bonds. The van der Waals surface area contributed by atoms with Crippen LogP contribution in [0.3, 0.4) is 0 Å². The van der Waals surface area contributed by atoms with Crippen LogP contribution in [0.1, 0.15) is 18.6 Å². The standard InChI is InChI=1S/C12H14FN3O3S/c1-2-8-6-15-11(19-8)7-16-20(17,18)10-5-3-4-9(13)12(10)14/h3-6,16H,2,7,14H2,1H3. The zero-order valence-electron chi connectivity index (χ0n) is 10.8. The van der Waals surface area contributed by atoms with Gasteiger partial charge in [0.15, 0.2) is 0 Å². The largest absolute Gasteiger partial charge is 0.444 e. The number of hydrogen-bond acceptors (Lipinski definition) is 5. The number of nitrogens with two attached hydrogens (primary N) is 1. The van der Waals surface area contributed by atoms with Gasteiger partial charge in [0, 0.05) is 6.42 Å². The Morgan fingerprint density at radius 1 is 1.45 bits per heavy atom. The van der Waals surface area contributed by atoms with E-state index in [1.54, 1.807) is 0 Å². The van der Waals surface area contributed by atoms with Gasteiger partial charge < -0.3 is 10.2 Å². The molecule has 0 saturated heterocycles. The van der Waals surface area contributed by atoms with Crippen LogP contribution in [0.2, 0.25) is 0 Å². The molecule has 1 aromatic carbocycles. The molecule has 0 spiro atoms. The number of hydrogen-bond donors (Lipinski definition) is 2. The SMILES string of the molecule is CCc1cnc(CNS(=O)(=O)c2cccc(F)c2N)o1. The second kappa shape index (κ2) is 5.59. The van der Waals surface area contributed by atoms with E-state index in [1.165, 1.54) is 18.3 Å². The second-order valence-electron chi connectivity index (χ2n) is 4.05. The summed E-state index contributed by atoms with van der Waals surface area (Å²) in [6, 6.07) is 3.60. The number of para-hydroxylation sites is 1. The van der Waals surface area contributed by atoms with E-state index in [4.69, 9.17) is 10.2 Å². The van der Waals surface area contributed by atoms with Crippen molar-refractivity contribution in [2.24, 2.45) is 0 Å². The molecule has 3 N–H and O–H groups in total. The highest BCUT2D eigenvalue weighted by Crippen LogP contribution is 2.21. The third-order valence-electron chi connectivity index (χ3n) is 2.67. The van der Waals surface area contributed by atoms with Gasteiger partial charge in [0.25, 0.3) is 0 Å². The molecule has 0 radical (unpaired) electrons. The number of rotatable bonds is 5. The minimum atomic E-state index is -3.92. The molecule has 0 aliphatic rings. The molecule has 8 heteroatoms. The lowest BCUT2D eigenvalue weighted by Crippen LogP contribution is -2.24. The van der Waals surface area contributed by atoms with Gasteiger partial charge >= 0.3 is 0 Å². The maximum atomic E-state index is 13.3. The first kappa shape index (κ1) is 14.5. The van der Waals surface area contributed by atoms with Gasteiger partial charge in [0.2, 0.25) is 15.9 Å². The van der Waals surface area contributed by atoms with Gasteiger partial charge in [0.1, 0.15) is 16.5 Å². The van der Waals surface area contributed by atoms with Gasteiger partial charge in [-0.2, -0.15) is 0 Å². The zero-order chi connectivity index (χ0) is 14.8. The Balaban J connectivity index is 2.17. The summed E-state index contributed by atoms with van der Waals surface area (Å²) in [5, 5.41) is 0. The van der Waals surface area contributed by atoms with Crippen LogP contribution in [0, 0.1) is 5.82 Å². The Morgan fingerprint density at radius 2 is 2.20 bits per heavy atom. The summed E-state index contributed by atoms with van der Waals surface area (Å²) < 4.78 is 44.9. The van der Waals surface area contributed by atoms with Crippen molar-refractivity contribution in [2.75, 3.05) is 5.73 Å². The number of aromatic nitrogens is 1. The van der Waals surface area contributed by atoms with E-state index in [1.807, 2.05) is 6.92 Å². The van der Waals surface area contributed by atoms with Crippen LogP contribution in [-0.2, 0) is 23.0 Å². The van der Waals surface area contributed by atoms with Gasteiger partial charge in [-0.3, -0.25) is 0 Å². The molecule has 2 aromatic rings. The molecular formula is C12H14FN3O3S. The molecule has 108 valence electrons. The van der Waals surface area contributed by atoms with Crippen molar-refractivity contribution < 1.29 is 17.2 Å². The first-order valence-corrected chi connectivity index (χ1v) is 7.39. The van der Waals surface area contributed by atoms with Crippen molar-refractivity contribution in [3.63, 3.8) is 0 Å². The number of nitrogen functional groups attached to an aromatic ring is 1. The van der Waals surface area contributed by atoms with E-state index in [0.717, 1.165) is 6.07 Å². The van der Waals surface area contributed by atoms with E-state index < -0.39 is 21.5 Å². The van der Waals surface area contributed by atoms with Crippen molar-refractivity contribution in [3.05, 3.63) is 41.9 Å². The fourth-order valence-electron chi connectivity index (χ4n) is 1.58. The number of nitrogens with one attached hydrogen (secondary N) is 1. The predicted molar refractivity (Wildman–Crippen MR) is 70.7 cm³/mol. The van der Waals surface area contributed by atoms with E-state index in [-0.39, 0.29) is 17.3 Å². The molecule has 0 aliphatic carbocycles. The first-order chi connectivity index (χ1) is 9.44. The quantitative estimate of drug-likeness (QED) is 0.814. The Kier molecular flexibility index (Phi) is 4.05. The number of halogens is 1. The number of sulfonamides is 1. The van der Waals surface area contributed by atoms with E-state index in [0.29, 0.717) is 12.2 Å². The number of nitrogens with zero attached hydrogens (tertiary/aromatic N) is 1. The Hall–Kier alpha value is -1.93. The van der Waals surface area contributed by atoms with E-state index in [9.17, 15) is 12.8 Å². The smallest absolute Gasteiger partial charge is 0.243 e. The van der Waals surface area contributed by atoms with Crippen molar-refractivity contribution in [1.29, 1.82) is 0 Å². The molecule has 0 bridgehead atoms. The van der Waals surface area contributed by atoms with Crippen molar-refractivity contribution >= 4 is 15.7 Å². The molecule has 0 aliphatic heterocycles. The zero-order valence-corrected chi connectivity index (χ0v) is 11.6. The molecule has 2 rings (SSSR count). The second-order valence-corrected chi connectivity index (χ2v) is 5.79. The highest BCUT2D eigenvalue weighted by molar-refractivity contribution is 7.89. The van der Waals surface area contributed by atoms with Crippen molar-refractivity contribution in [2.45, 2.75) is 24.8 Å². The van der Waals surface area contributed by atoms with Crippen LogP contribution in [0.5, 0.6) is 0 Å². The van der Waals surface area contributed by atoms with Crippen LogP contribution in [0.25, 0.3) is 0 Å². The summed E-state index contributed by atoms with van der Waals surface area (Å²) in [5.74, 6) is 0.113. The minimum absolute atomic E-state index is 0.127. The summed E-state index contributed by atoms with van der Waals surface area (Å²) >= 11 is 0. The number of oxazole rings is 1. The highest BCUT2D eigenvalue weighted by Gasteiger charge is 2.20. The highest BCUT2D eigenvalue weighted by atomic mass is 32.2. The molecule has 0 saturated carbocycles. The lowest BCUT2D eigenvalue weighted by molar-refractivity contribution is 0.452. The monoisotopic (exact) mass is 299 g/mol. The first-order valence-electron chi connectivity index (χ1n) is 5.91. The van der Waals surface area contributed by atoms with Crippen LogP contribution in [0.15, 0.2) is 33.7 Å². The average Bonchev–Trinajstić information content (AvgIpc) is 2.87. The fourth-order valence-corrected chi connectivity index (χ4v) is 2.69. The Labute approximate surface area is 115 Å². The Bertz CT molecular complexity index is 712. The number of benzene rings is 1. The van der Waals surface area contributed by atoms with Gasteiger partial charge in [-0.05, 0) is 12.1 Å². The lowest BCUT2D eigenvalue weighted by atomic mass is 10.3. The summed E-state index contributed by atoms with van der Waals surface area (Å²) in [6.07, 6.45) is 2.19. The summed E-state index contributed by atoms with van der Waals surface area (Å²) in [4.78, 5) is 3.62. The van der Waals surface area contributed by atoms with E-state index in [2.05, 4.69) is 9.71 Å². The van der Waals surface area contributed by atoms with Gasteiger partial charge in [0.05, 0.1) is 18.4 Å². The predicted octanol–water partition coefficient (Wildman–Crippen LogP) is 1.44. The molecule has 0 unspecified atom stereocenters. The maximum Gasteiger partial charge on any atom is 0.243 e. The van der Waals surface area contributed by atoms with Crippen LogP contribution >= 0.6 is 0 Å². The van der Waals surface area contributed by atoms with Crippen molar-refractivity contribution in [3.8, 4) is 0 Å². The number of aryl methyl sites for hydroxylation is 1. The minimum Gasteiger partial charge on any atom is -0.444 e. The molecule has 1 aromatic heterocycles. The normalized spacial score (nSPS) is 11.7. The van der Waals surface area contributed by atoms with Crippen molar-refractivity contribution in [1.82, 2.24) is 9.71 Å². The van der Waals surface area contributed by atoms with Crippen LogP contribution in [0.4, 0.5) is 10.1 Å². The van der Waals surface area contributed by atoms with E-state index >= 15 is 0 Å². The summed E-state index contributed by atoms with van der Waals surface area (Å²) in [5.41, 5.74) is 5.01. The van der Waals surface area contributed by atoms with Gasteiger partial charge in [-0.1, -0.05) is 13.0 Å². The molecule has 6 nitrogen and oxygen atoms in total. The third kappa shape index (κ3) is 2.97. The van der Waals surface area contributed by atoms with Crippen LogP contribution in [-0.4, -0.2) is 13.4 Å². The Morgan fingerprint density at radius 3 is 2.85 bits per heavy atom.